The van der Waals surface area contributed by atoms with Crippen LogP contribution in [0.3, 0.4) is 0 Å². The number of ether oxygens (including phenoxy) is 1. The number of alkyl halides is 3. The first-order valence-electron chi connectivity index (χ1n) is 7.82. The van der Waals surface area contributed by atoms with E-state index < -0.39 is 33.7 Å². The zero-order valence-corrected chi connectivity index (χ0v) is 15.6. The molecule has 0 heterocycles. The molecule has 0 saturated carbocycles. The molecule has 7 nitrogen and oxygen atoms in total. The number of anilines is 1. The van der Waals surface area contributed by atoms with E-state index >= 15 is 0 Å². The lowest BCUT2D eigenvalue weighted by molar-refractivity contribution is -0.137. The number of sulfonamides is 1. The van der Waals surface area contributed by atoms with Crippen LogP contribution in [-0.2, 0) is 21.0 Å². The largest absolute Gasteiger partial charge is 0.497 e. The molecule has 1 amide bonds. The van der Waals surface area contributed by atoms with Crippen LogP contribution in [0.15, 0.2) is 53.4 Å². The van der Waals surface area contributed by atoms with Crippen LogP contribution in [-0.4, -0.2) is 32.7 Å². The van der Waals surface area contributed by atoms with Crippen LogP contribution in [0.25, 0.3) is 0 Å². The number of rotatable bonds is 6. The van der Waals surface area contributed by atoms with Crippen LogP contribution >= 0.6 is 0 Å². The summed E-state index contributed by atoms with van der Waals surface area (Å²) in [4.78, 5) is 11.6. The second-order valence-corrected chi connectivity index (χ2v) is 7.49. The van der Waals surface area contributed by atoms with Crippen molar-refractivity contribution in [1.29, 1.82) is 0 Å². The van der Waals surface area contributed by atoms with E-state index in [2.05, 4.69) is 0 Å². The number of nitrogens with one attached hydrogen (secondary N) is 1. The van der Waals surface area contributed by atoms with E-state index in [0.29, 0.717) is 16.1 Å². The van der Waals surface area contributed by atoms with Crippen LogP contribution in [0, 0.1) is 0 Å². The molecular weight excluding hydrogens is 401 g/mol. The summed E-state index contributed by atoms with van der Waals surface area (Å²) in [6.45, 7) is 1.13. The molecule has 0 saturated heterocycles. The zero-order valence-electron chi connectivity index (χ0n) is 14.8. The van der Waals surface area contributed by atoms with Gasteiger partial charge in [-0.2, -0.15) is 13.2 Å². The van der Waals surface area contributed by atoms with Crippen molar-refractivity contribution >= 4 is 21.6 Å². The maximum Gasteiger partial charge on any atom is 0.416 e. The van der Waals surface area contributed by atoms with Gasteiger partial charge in [0, 0.05) is 0 Å². The molecule has 0 fully saturated rings. The lowest BCUT2D eigenvalue weighted by atomic mass is 10.2. The molecule has 0 radical (unpaired) electrons. The van der Waals surface area contributed by atoms with Gasteiger partial charge in [-0.25, -0.2) is 13.9 Å². The van der Waals surface area contributed by atoms with Gasteiger partial charge in [0.05, 0.1) is 23.3 Å². The van der Waals surface area contributed by atoms with Gasteiger partial charge in [-0.3, -0.25) is 14.3 Å². The molecule has 0 spiro atoms. The second kappa shape index (κ2) is 8.07. The molecule has 0 aliphatic heterocycles. The lowest BCUT2D eigenvalue weighted by Gasteiger charge is -2.29. The van der Waals surface area contributed by atoms with Crippen molar-refractivity contribution < 1.29 is 36.3 Å². The number of halogens is 3. The van der Waals surface area contributed by atoms with Crippen LogP contribution in [0.1, 0.15) is 12.5 Å². The minimum atomic E-state index is -4.71. The molecule has 11 heteroatoms. The van der Waals surface area contributed by atoms with Gasteiger partial charge in [0.2, 0.25) is 0 Å². The highest BCUT2D eigenvalue weighted by Crippen LogP contribution is 2.34. The van der Waals surface area contributed by atoms with Crippen molar-refractivity contribution in [3.63, 3.8) is 0 Å². The van der Waals surface area contributed by atoms with Gasteiger partial charge in [-0.15, -0.1) is 0 Å². The Bertz CT molecular complexity index is 946. The maximum absolute atomic E-state index is 13.1. The molecule has 2 aromatic carbocycles. The van der Waals surface area contributed by atoms with E-state index in [1.807, 2.05) is 0 Å². The normalized spacial score (nSPS) is 12.9. The fraction of sp³-hybridized carbons (Fsp3) is 0.235. The number of amides is 1. The number of nitrogens with zero attached hydrogens (tertiary/aromatic N) is 1. The van der Waals surface area contributed by atoms with Crippen molar-refractivity contribution in [2.45, 2.75) is 24.0 Å². The highest BCUT2D eigenvalue weighted by molar-refractivity contribution is 7.92. The highest BCUT2D eigenvalue weighted by Gasteiger charge is 2.36. The van der Waals surface area contributed by atoms with Crippen LogP contribution < -0.4 is 14.5 Å². The predicted molar refractivity (Wildman–Crippen MR) is 93.5 cm³/mol. The second-order valence-electron chi connectivity index (χ2n) is 5.68. The molecule has 0 unspecified atom stereocenters. The summed E-state index contributed by atoms with van der Waals surface area (Å²) in [5, 5.41) is 8.87. The Morgan fingerprint density at radius 2 is 1.79 bits per heavy atom. The van der Waals surface area contributed by atoms with Crippen molar-refractivity contribution in [3.8, 4) is 5.75 Å². The third-order valence-electron chi connectivity index (χ3n) is 3.89. The van der Waals surface area contributed by atoms with Crippen LogP contribution in [0.5, 0.6) is 5.75 Å². The predicted octanol–water partition coefficient (Wildman–Crippen LogP) is 2.80. The number of carbonyl (C=O) groups excluding carboxylic acids is 1. The summed E-state index contributed by atoms with van der Waals surface area (Å²) in [5.41, 5.74) is -0.159. The molecule has 152 valence electrons. The third-order valence-corrected chi connectivity index (χ3v) is 5.80. The number of carbonyl (C=O) groups is 1. The Hall–Kier alpha value is -2.79. The Balaban J connectivity index is 2.64. The SMILES string of the molecule is COc1ccc(S(=O)(=O)N(c2cccc(C(F)(F)F)c2)[C@@H](C)C(=O)NO)cc1. The van der Waals surface area contributed by atoms with Gasteiger partial charge in [-0.1, -0.05) is 6.07 Å². The molecule has 2 aromatic rings. The number of hydrogen-bond donors (Lipinski definition) is 2. The van der Waals surface area contributed by atoms with Crippen molar-refractivity contribution in [3.05, 3.63) is 54.1 Å². The quantitative estimate of drug-likeness (QED) is 0.556. The van der Waals surface area contributed by atoms with Crippen molar-refractivity contribution in [1.82, 2.24) is 5.48 Å². The molecule has 1 atom stereocenters. The number of hydroxylamine groups is 1. The first-order valence-corrected chi connectivity index (χ1v) is 9.26. The average molecular weight is 418 g/mol. The number of methoxy groups -OCH3 is 1. The summed E-state index contributed by atoms with van der Waals surface area (Å²) in [7, 11) is -3.08. The first kappa shape index (κ1) is 21.5. The van der Waals surface area contributed by atoms with E-state index in [-0.39, 0.29) is 10.6 Å². The summed E-state index contributed by atoms with van der Waals surface area (Å²) in [6.07, 6.45) is -4.71. The average Bonchev–Trinajstić information content (AvgIpc) is 2.66. The zero-order chi connectivity index (χ0) is 21.1. The van der Waals surface area contributed by atoms with E-state index in [9.17, 15) is 26.4 Å². The molecule has 0 aromatic heterocycles. The molecule has 2 N–H and O–H groups in total. The monoisotopic (exact) mass is 418 g/mol. The number of hydrogen-bond acceptors (Lipinski definition) is 5. The third kappa shape index (κ3) is 4.37. The highest BCUT2D eigenvalue weighted by atomic mass is 32.2. The minimum Gasteiger partial charge on any atom is -0.497 e. The standard InChI is InChI=1S/C17H17F3N2O5S/c1-11(16(23)21-24)22(13-5-3-4-12(10-13)17(18,19)20)28(25,26)15-8-6-14(27-2)7-9-15/h3-11,24H,1-2H3,(H,21,23)/t11-/m0/s1. The van der Waals surface area contributed by atoms with E-state index in [0.717, 1.165) is 25.1 Å². The van der Waals surface area contributed by atoms with Crippen molar-refractivity contribution in [2.75, 3.05) is 11.4 Å². The van der Waals surface area contributed by atoms with Crippen LogP contribution in [0.2, 0.25) is 0 Å². The van der Waals surface area contributed by atoms with Crippen LogP contribution in [0.4, 0.5) is 18.9 Å². The Morgan fingerprint density at radius 1 is 1.18 bits per heavy atom. The summed E-state index contributed by atoms with van der Waals surface area (Å²) >= 11 is 0. The van der Waals surface area contributed by atoms with Gasteiger partial charge < -0.3 is 4.74 Å². The Morgan fingerprint density at radius 3 is 2.29 bits per heavy atom. The number of benzene rings is 2. The van der Waals surface area contributed by atoms with Gasteiger partial charge in [-0.05, 0) is 49.4 Å². The van der Waals surface area contributed by atoms with Gasteiger partial charge in [0.1, 0.15) is 11.8 Å². The van der Waals surface area contributed by atoms with Gasteiger partial charge in [0.25, 0.3) is 15.9 Å². The minimum absolute atomic E-state index is 0.275. The summed E-state index contributed by atoms with van der Waals surface area (Å²) in [5.74, 6) is -0.750. The van der Waals surface area contributed by atoms with E-state index in [4.69, 9.17) is 9.94 Å². The first-order chi connectivity index (χ1) is 13.0. The molecule has 28 heavy (non-hydrogen) atoms. The molecule has 2 rings (SSSR count). The fourth-order valence-corrected chi connectivity index (χ4v) is 4.06. The lowest BCUT2D eigenvalue weighted by Crippen LogP contribution is -2.47. The molecule has 0 bridgehead atoms. The smallest absolute Gasteiger partial charge is 0.416 e. The molecule has 0 aliphatic carbocycles. The Labute approximate surface area is 159 Å². The summed E-state index contributed by atoms with van der Waals surface area (Å²) in [6, 6.07) is 7.09. The molecule has 0 aliphatic rings. The van der Waals surface area contributed by atoms with E-state index in [1.165, 1.54) is 36.9 Å². The maximum atomic E-state index is 13.1. The van der Waals surface area contributed by atoms with Gasteiger partial charge >= 0.3 is 6.18 Å². The van der Waals surface area contributed by atoms with Crippen molar-refractivity contribution in [2.24, 2.45) is 0 Å². The fourth-order valence-electron chi connectivity index (χ4n) is 2.45. The van der Waals surface area contributed by atoms with E-state index in [1.54, 1.807) is 0 Å². The topological polar surface area (TPSA) is 95.9 Å². The van der Waals surface area contributed by atoms with Gasteiger partial charge in [0.15, 0.2) is 0 Å². The Kier molecular flexibility index (Phi) is 6.20. The molecular formula is C17H17F3N2O5S. The summed E-state index contributed by atoms with van der Waals surface area (Å²) < 4.78 is 70.8.